The summed E-state index contributed by atoms with van der Waals surface area (Å²) < 4.78 is 5.17. The molecule has 1 aromatic heterocycles. The number of rotatable bonds is 8. The van der Waals surface area contributed by atoms with Crippen molar-refractivity contribution in [2.75, 3.05) is 24.3 Å². The third-order valence-electron chi connectivity index (χ3n) is 5.14. The average molecular weight is 400 g/mol. The molecule has 0 aliphatic carbocycles. The number of hydrogen-bond acceptors (Lipinski definition) is 4. The predicted octanol–water partition coefficient (Wildman–Crippen LogP) is 4.63. The van der Waals surface area contributed by atoms with Gasteiger partial charge in [0, 0.05) is 44.0 Å². The highest BCUT2D eigenvalue weighted by Gasteiger charge is 2.26. The van der Waals surface area contributed by atoms with Crippen LogP contribution in [0.5, 0.6) is 0 Å². The monoisotopic (exact) mass is 399 g/mol. The van der Waals surface area contributed by atoms with Gasteiger partial charge in [-0.3, -0.25) is 9.59 Å². The summed E-state index contributed by atoms with van der Waals surface area (Å²) in [5, 5.41) is 2.87. The van der Waals surface area contributed by atoms with Gasteiger partial charge in [-0.15, -0.1) is 0 Å². The van der Waals surface area contributed by atoms with E-state index in [0.29, 0.717) is 18.2 Å². The lowest BCUT2D eigenvalue weighted by Crippen LogP contribution is -2.43. The summed E-state index contributed by atoms with van der Waals surface area (Å²) in [4.78, 5) is 29.2. The lowest BCUT2D eigenvalue weighted by molar-refractivity contribution is -0.138. The van der Waals surface area contributed by atoms with Gasteiger partial charge in [-0.25, -0.2) is 0 Å². The van der Waals surface area contributed by atoms with E-state index in [-0.39, 0.29) is 29.5 Å². The van der Waals surface area contributed by atoms with Gasteiger partial charge >= 0.3 is 0 Å². The van der Waals surface area contributed by atoms with Crippen molar-refractivity contribution in [2.24, 2.45) is 11.8 Å². The topological polar surface area (TPSA) is 65.8 Å². The second-order valence-corrected chi connectivity index (χ2v) is 8.27. The molecular weight excluding hydrogens is 366 g/mol. The summed E-state index contributed by atoms with van der Waals surface area (Å²) in [6.45, 7) is 10.7. The second kappa shape index (κ2) is 9.63. The van der Waals surface area contributed by atoms with Crippen molar-refractivity contribution in [2.45, 2.75) is 47.2 Å². The molecule has 6 heteroatoms. The Bertz CT molecular complexity index is 826. The van der Waals surface area contributed by atoms with Crippen LogP contribution in [0, 0.1) is 11.8 Å². The van der Waals surface area contributed by atoms with E-state index < -0.39 is 0 Å². The lowest BCUT2D eigenvalue weighted by Gasteiger charge is -2.34. The molecule has 2 amide bonds. The van der Waals surface area contributed by atoms with Crippen LogP contribution < -0.4 is 10.2 Å². The van der Waals surface area contributed by atoms with E-state index in [1.165, 1.54) is 6.26 Å². The Balaban J connectivity index is 2.36. The molecule has 1 N–H and O–H groups in total. The van der Waals surface area contributed by atoms with Crippen LogP contribution in [0.1, 0.15) is 50.7 Å². The fourth-order valence-electron chi connectivity index (χ4n) is 3.12. The summed E-state index contributed by atoms with van der Waals surface area (Å²) >= 11 is 0. The molecule has 0 aliphatic heterocycles. The first-order valence-corrected chi connectivity index (χ1v) is 10.1. The van der Waals surface area contributed by atoms with Crippen molar-refractivity contribution in [3.63, 3.8) is 0 Å². The largest absolute Gasteiger partial charge is 0.459 e. The maximum Gasteiger partial charge on any atom is 0.291 e. The standard InChI is InChI=1S/C23H33N3O3/c1-15(2)17(5)26(23(28)16(3)4)14-18-13-19(10-11-20(18)25(6)7)24-22(27)21-9-8-12-29-21/h8-13,15-17H,14H2,1-7H3,(H,24,27)/t17-/m1/s1. The zero-order valence-corrected chi connectivity index (χ0v) is 18.5. The van der Waals surface area contributed by atoms with Crippen LogP contribution in [0.2, 0.25) is 0 Å². The number of furan rings is 1. The number of anilines is 2. The van der Waals surface area contributed by atoms with Crippen LogP contribution in [0.4, 0.5) is 11.4 Å². The van der Waals surface area contributed by atoms with E-state index in [4.69, 9.17) is 4.42 Å². The third-order valence-corrected chi connectivity index (χ3v) is 5.14. The van der Waals surface area contributed by atoms with E-state index in [0.717, 1.165) is 11.3 Å². The summed E-state index contributed by atoms with van der Waals surface area (Å²) in [6.07, 6.45) is 1.47. The quantitative estimate of drug-likeness (QED) is 0.703. The van der Waals surface area contributed by atoms with Gasteiger partial charge in [-0.05, 0) is 48.7 Å². The smallest absolute Gasteiger partial charge is 0.291 e. The molecule has 29 heavy (non-hydrogen) atoms. The summed E-state index contributed by atoms with van der Waals surface area (Å²) in [6, 6.07) is 9.16. The van der Waals surface area contributed by atoms with Crippen molar-refractivity contribution in [1.82, 2.24) is 4.90 Å². The van der Waals surface area contributed by atoms with Gasteiger partial charge in [-0.1, -0.05) is 27.7 Å². The normalized spacial score (nSPS) is 12.2. The molecule has 0 saturated carbocycles. The molecule has 0 bridgehead atoms. The van der Waals surface area contributed by atoms with Crippen molar-refractivity contribution in [3.05, 3.63) is 47.9 Å². The van der Waals surface area contributed by atoms with Gasteiger partial charge in [0.05, 0.1) is 6.26 Å². The van der Waals surface area contributed by atoms with E-state index in [1.54, 1.807) is 12.1 Å². The Hall–Kier alpha value is -2.76. The molecular formula is C23H33N3O3. The van der Waals surface area contributed by atoms with Crippen LogP contribution in [-0.4, -0.2) is 36.9 Å². The minimum Gasteiger partial charge on any atom is -0.459 e. The number of hydrogen-bond donors (Lipinski definition) is 1. The van der Waals surface area contributed by atoms with Crippen molar-refractivity contribution < 1.29 is 14.0 Å². The van der Waals surface area contributed by atoms with E-state index in [9.17, 15) is 9.59 Å². The Kier molecular flexibility index (Phi) is 7.48. The van der Waals surface area contributed by atoms with Crippen molar-refractivity contribution >= 4 is 23.2 Å². The lowest BCUT2D eigenvalue weighted by atomic mass is 10.0. The zero-order chi connectivity index (χ0) is 21.7. The highest BCUT2D eigenvalue weighted by atomic mass is 16.3. The van der Waals surface area contributed by atoms with Crippen LogP contribution in [0.3, 0.4) is 0 Å². The van der Waals surface area contributed by atoms with Gasteiger partial charge in [0.1, 0.15) is 0 Å². The molecule has 1 aromatic carbocycles. The van der Waals surface area contributed by atoms with Gasteiger partial charge in [0.15, 0.2) is 5.76 Å². The first kappa shape index (κ1) is 22.5. The molecule has 0 aliphatic rings. The number of carbonyl (C=O) groups is 2. The van der Waals surface area contributed by atoms with Gasteiger partial charge in [0.2, 0.25) is 5.91 Å². The van der Waals surface area contributed by atoms with Crippen LogP contribution >= 0.6 is 0 Å². The SMILES string of the molecule is CC(C)C(=O)N(Cc1cc(NC(=O)c2ccco2)ccc1N(C)C)[C@H](C)C(C)C. The van der Waals surface area contributed by atoms with Crippen LogP contribution in [0.25, 0.3) is 0 Å². The summed E-state index contributed by atoms with van der Waals surface area (Å²) in [5.74, 6) is 0.335. The molecule has 1 heterocycles. The average Bonchev–Trinajstić information content (AvgIpc) is 3.19. The first-order valence-electron chi connectivity index (χ1n) is 10.1. The van der Waals surface area contributed by atoms with Gasteiger partial charge in [0.25, 0.3) is 5.91 Å². The molecule has 0 unspecified atom stereocenters. The van der Waals surface area contributed by atoms with Crippen molar-refractivity contribution in [3.8, 4) is 0 Å². The fourth-order valence-corrected chi connectivity index (χ4v) is 3.12. The molecule has 1 atom stereocenters. The van der Waals surface area contributed by atoms with E-state index >= 15 is 0 Å². The minimum absolute atomic E-state index is 0.0826. The predicted molar refractivity (Wildman–Crippen MR) is 117 cm³/mol. The van der Waals surface area contributed by atoms with Gasteiger partial charge in [-0.2, -0.15) is 0 Å². The van der Waals surface area contributed by atoms with Gasteiger partial charge < -0.3 is 19.5 Å². The molecule has 0 spiro atoms. The van der Waals surface area contributed by atoms with Crippen LogP contribution in [-0.2, 0) is 11.3 Å². The highest BCUT2D eigenvalue weighted by molar-refractivity contribution is 6.02. The molecule has 0 radical (unpaired) electrons. The molecule has 2 rings (SSSR count). The molecule has 2 aromatic rings. The highest BCUT2D eigenvalue weighted by Crippen LogP contribution is 2.27. The Morgan fingerprint density at radius 3 is 2.28 bits per heavy atom. The number of benzene rings is 1. The Morgan fingerprint density at radius 1 is 1.07 bits per heavy atom. The first-order chi connectivity index (χ1) is 13.6. The molecule has 0 fully saturated rings. The number of nitrogens with one attached hydrogen (secondary N) is 1. The fraction of sp³-hybridized carbons (Fsp3) is 0.478. The van der Waals surface area contributed by atoms with E-state index in [2.05, 4.69) is 26.1 Å². The number of nitrogens with zero attached hydrogens (tertiary/aromatic N) is 2. The van der Waals surface area contributed by atoms with E-state index in [1.807, 2.05) is 55.9 Å². The maximum absolute atomic E-state index is 12.9. The minimum atomic E-state index is -0.302. The molecule has 6 nitrogen and oxygen atoms in total. The zero-order valence-electron chi connectivity index (χ0n) is 18.5. The second-order valence-electron chi connectivity index (χ2n) is 8.27. The summed E-state index contributed by atoms with van der Waals surface area (Å²) in [7, 11) is 3.95. The Labute approximate surface area is 173 Å². The Morgan fingerprint density at radius 2 is 1.76 bits per heavy atom. The summed E-state index contributed by atoms with van der Waals surface area (Å²) in [5.41, 5.74) is 2.66. The number of amides is 2. The molecule has 158 valence electrons. The molecule has 0 saturated heterocycles. The third kappa shape index (κ3) is 5.62. The number of carbonyl (C=O) groups excluding carboxylic acids is 2. The maximum atomic E-state index is 12.9. The van der Waals surface area contributed by atoms with Crippen LogP contribution in [0.15, 0.2) is 41.0 Å². The van der Waals surface area contributed by atoms with Crippen molar-refractivity contribution in [1.29, 1.82) is 0 Å².